The van der Waals surface area contributed by atoms with Crippen molar-refractivity contribution in [3.8, 4) is 0 Å². The van der Waals surface area contributed by atoms with E-state index in [4.69, 9.17) is 11.5 Å². The fourth-order valence-electron chi connectivity index (χ4n) is 3.11. The molecule has 3 heterocycles. The molecule has 1 atom stereocenters. The van der Waals surface area contributed by atoms with Crippen molar-refractivity contribution in [2.75, 3.05) is 22.9 Å². The van der Waals surface area contributed by atoms with Crippen molar-refractivity contribution in [3.63, 3.8) is 0 Å². The van der Waals surface area contributed by atoms with Crippen LogP contribution < -0.4 is 16.4 Å². The van der Waals surface area contributed by atoms with E-state index in [0.717, 1.165) is 49.6 Å². The van der Waals surface area contributed by atoms with Gasteiger partial charge in [-0.1, -0.05) is 0 Å². The van der Waals surface area contributed by atoms with E-state index in [1.54, 1.807) is 6.07 Å². The molecule has 23 heavy (non-hydrogen) atoms. The Morgan fingerprint density at radius 2 is 2.00 bits per heavy atom. The van der Waals surface area contributed by atoms with Crippen molar-refractivity contribution < 1.29 is 5.11 Å². The Bertz CT molecular complexity index is 704. The van der Waals surface area contributed by atoms with Crippen LogP contribution in [0.15, 0.2) is 12.1 Å². The van der Waals surface area contributed by atoms with Crippen molar-refractivity contribution in [2.45, 2.75) is 38.5 Å². The van der Waals surface area contributed by atoms with Gasteiger partial charge in [0.15, 0.2) is 0 Å². The number of hydrogen-bond acceptors (Lipinski definition) is 7. The van der Waals surface area contributed by atoms with E-state index < -0.39 is 6.10 Å². The van der Waals surface area contributed by atoms with Gasteiger partial charge in [0.1, 0.15) is 17.7 Å². The molecule has 2 aromatic heterocycles. The van der Waals surface area contributed by atoms with E-state index in [2.05, 4.69) is 20.0 Å². The highest BCUT2D eigenvalue weighted by Crippen LogP contribution is 2.40. The summed E-state index contributed by atoms with van der Waals surface area (Å²) in [6.07, 6.45) is 2.69. The second-order valence-electron chi connectivity index (χ2n) is 6.35. The minimum atomic E-state index is -0.437. The van der Waals surface area contributed by atoms with Crippen LogP contribution in [0.3, 0.4) is 0 Å². The third-order valence-corrected chi connectivity index (χ3v) is 4.48. The lowest BCUT2D eigenvalue weighted by molar-refractivity contribution is 0.148. The van der Waals surface area contributed by atoms with Crippen LogP contribution in [0.1, 0.15) is 36.8 Å². The second-order valence-corrected chi connectivity index (χ2v) is 6.35. The standard InChI is InChI=1S/C15H21N7O/c16-12-7-13(19-15(17)18-12)21-4-1-5-22-10(8-21)6-11(20-22)14(23)9-2-3-9/h6-7,9,14,23H,1-5,8H2,(H4,16,17,18,19)/t14-/m1/s1. The van der Waals surface area contributed by atoms with E-state index in [9.17, 15) is 5.11 Å². The number of fused-ring (bicyclic) bond motifs is 1. The molecule has 0 radical (unpaired) electrons. The van der Waals surface area contributed by atoms with Gasteiger partial charge in [-0.25, -0.2) is 0 Å². The van der Waals surface area contributed by atoms with Crippen molar-refractivity contribution in [1.29, 1.82) is 0 Å². The predicted molar refractivity (Wildman–Crippen MR) is 86.4 cm³/mol. The summed E-state index contributed by atoms with van der Waals surface area (Å²) in [5, 5.41) is 14.9. The zero-order chi connectivity index (χ0) is 16.0. The fraction of sp³-hybridized carbons (Fsp3) is 0.533. The molecule has 4 rings (SSSR count). The first kappa shape index (κ1) is 14.3. The number of nitrogens with zero attached hydrogens (tertiary/aromatic N) is 5. The smallest absolute Gasteiger partial charge is 0.223 e. The highest BCUT2D eigenvalue weighted by Gasteiger charge is 2.33. The number of aromatic nitrogens is 4. The summed E-state index contributed by atoms with van der Waals surface area (Å²) in [4.78, 5) is 10.3. The molecule has 0 bridgehead atoms. The monoisotopic (exact) mass is 315 g/mol. The average molecular weight is 315 g/mol. The largest absolute Gasteiger partial charge is 0.386 e. The van der Waals surface area contributed by atoms with Crippen molar-refractivity contribution in [2.24, 2.45) is 5.92 Å². The Balaban J connectivity index is 1.61. The third kappa shape index (κ3) is 2.81. The number of hydrogen-bond donors (Lipinski definition) is 3. The van der Waals surface area contributed by atoms with Crippen LogP contribution in [-0.2, 0) is 13.1 Å². The molecule has 122 valence electrons. The van der Waals surface area contributed by atoms with Gasteiger partial charge in [0, 0.05) is 19.2 Å². The summed E-state index contributed by atoms with van der Waals surface area (Å²) in [5.74, 6) is 1.67. The maximum atomic E-state index is 10.3. The van der Waals surface area contributed by atoms with Gasteiger partial charge in [-0.15, -0.1) is 0 Å². The topological polar surface area (TPSA) is 119 Å². The molecule has 0 saturated heterocycles. The molecule has 0 spiro atoms. The molecule has 5 N–H and O–H groups in total. The van der Waals surface area contributed by atoms with Crippen molar-refractivity contribution in [3.05, 3.63) is 23.5 Å². The highest BCUT2D eigenvalue weighted by molar-refractivity contribution is 5.50. The van der Waals surface area contributed by atoms with Gasteiger partial charge in [0.25, 0.3) is 0 Å². The van der Waals surface area contributed by atoms with Gasteiger partial charge < -0.3 is 21.5 Å². The predicted octanol–water partition coefficient (Wildman–Crippen LogP) is 0.691. The molecule has 2 aromatic rings. The van der Waals surface area contributed by atoms with Gasteiger partial charge in [-0.2, -0.15) is 15.1 Å². The summed E-state index contributed by atoms with van der Waals surface area (Å²) < 4.78 is 1.99. The maximum Gasteiger partial charge on any atom is 0.223 e. The lowest BCUT2D eigenvalue weighted by atomic mass is 10.1. The van der Waals surface area contributed by atoms with Gasteiger partial charge in [-0.3, -0.25) is 4.68 Å². The molecular formula is C15H21N7O. The van der Waals surface area contributed by atoms with E-state index in [-0.39, 0.29) is 5.95 Å². The molecular weight excluding hydrogens is 294 g/mol. The second kappa shape index (κ2) is 5.38. The lowest BCUT2D eigenvalue weighted by Crippen LogP contribution is -2.24. The van der Waals surface area contributed by atoms with Crippen molar-refractivity contribution in [1.82, 2.24) is 19.7 Å². The van der Waals surface area contributed by atoms with Crippen LogP contribution in [-0.4, -0.2) is 31.4 Å². The first-order chi connectivity index (χ1) is 11.1. The molecule has 1 saturated carbocycles. The van der Waals surface area contributed by atoms with Crippen molar-refractivity contribution >= 4 is 17.6 Å². The number of aliphatic hydroxyl groups excluding tert-OH is 1. The van der Waals surface area contributed by atoms with Gasteiger partial charge in [0.2, 0.25) is 5.95 Å². The summed E-state index contributed by atoms with van der Waals surface area (Å²) in [7, 11) is 0. The summed E-state index contributed by atoms with van der Waals surface area (Å²) >= 11 is 0. The minimum absolute atomic E-state index is 0.183. The molecule has 1 aliphatic heterocycles. The zero-order valence-corrected chi connectivity index (χ0v) is 12.9. The number of nitrogen functional groups attached to an aromatic ring is 2. The summed E-state index contributed by atoms with van der Waals surface area (Å²) in [5.41, 5.74) is 13.3. The van der Waals surface area contributed by atoms with E-state index in [1.165, 1.54) is 0 Å². The van der Waals surface area contributed by atoms with E-state index >= 15 is 0 Å². The van der Waals surface area contributed by atoms with Gasteiger partial charge in [-0.05, 0) is 31.2 Å². The molecule has 2 aliphatic rings. The first-order valence-corrected chi connectivity index (χ1v) is 8.00. The zero-order valence-electron chi connectivity index (χ0n) is 12.9. The molecule has 1 fully saturated rings. The number of aliphatic hydroxyl groups is 1. The SMILES string of the molecule is Nc1cc(N2CCCn3nc([C@H](O)C4CC4)cc3C2)nc(N)n1. The molecule has 0 aromatic carbocycles. The normalized spacial score (nSPS) is 19.3. The Morgan fingerprint density at radius 1 is 1.17 bits per heavy atom. The van der Waals surface area contributed by atoms with Crippen LogP contribution in [0.2, 0.25) is 0 Å². The van der Waals surface area contributed by atoms with Crippen LogP contribution >= 0.6 is 0 Å². The minimum Gasteiger partial charge on any atom is -0.386 e. The number of nitrogens with two attached hydrogens (primary N) is 2. The quantitative estimate of drug-likeness (QED) is 0.762. The molecule has 8 heteroatoms. The molecule has 8 nitrogen and oxygen atoms in total. The number of anilines is 3. The van der Waals surface area contributed by atoms with Crippen LogP contribution in [0.5, 0.6) is 0 Å². The Labute approximate surface area is 134 Å². The van der Waals surface area contributed by atoms with Crippen LogP contribution in [0.25, 0.3) is 0 Å². The molecule has 1 aliphatic carbocycles. The Hall–Kier alpha value is -2.35. The average Bonchev–Trinajstić information content (AvgIpc) is 3.30. The van der Waals surface area contributed by atoms with Gasteiger partial charge >= 0.3 is 0 Å². The van der Waals surface area contributed by atoms with Crippen LogP contribution in [0.4, 0.5) is 17.6 Å². The maximum absolute atomic E-state index is 10.3. The lowest BCUT2D eigenvalue weighted by Gasteiger charge is -2.21. The number of aryl methyl sites for hydroxylation is 1. The third-order valence-electron chi connectivity index (χ3n) is 4.48. The Kier molecular flexibility index (Phi) is 3.33. The van der Waals surface area contributed by atoms with Crippen LogP contribution in [0, 0.1) is 5.92 Å². The van der Waals surface area contributed by atoms with E-state index in [1.807, 2.05) is 10.7 Å². The Morgan fingerprint density at radius 3 is 2.74 bits per heavy atom. The summed E-state index contributed by atoms with van der Waals surface area (Å²) in [6, 6.07) is 3.75. The fourth-order valence-corrected chi connectivity index (χ4v) is 3.11. The first-order valence-electron chi connectivity index (χ1n) is 8.00. The van der Waals surface area contributed by atoms with E-state index in [0.29, 0.717) is 18.3 Å². The number of rotatable bonds is 3. The molecule has 0 amide bonds. The highest BCUT2D eigenvalue weighted by atomic mass is 16.3. The summed E-state index contributed by atoms with van der Waals surface area (Å²) in [6.45, 7) is 2.35. The van der Waals surface area contributed by atoms with Gasteiger partial charge in [0.05, 0.1) is 17.9 Å². The molecule has 0 unspecified atom stereocenters.